The van der Waals surface area contributed by atoms with Gasteiger partial charge in [-0.05, 0) is 21.9 Å². The van der Waals surface area contributed by atoms with E-state index in [1.165, 1.54) is 16.4 Å². The average molecular weight is 325 g/mol. The van der Waals surface area contributed by atoms with Crippen LogP contribution >= 0.6 is 0 Å². The number of aromatic nitrogens is 3. The van der Waals surface area contributed by atoms with Crippen molar-refractivity contribution in [3.05, 3.63) is 68.5 Å². The number of rotatable bonds is 0. The van der Waals surface area contributed by atoms with E-state index in [-0.39, 0.29) is 0 Å². The molecule has 2 N–H and O–H groups in total. The van der Waals surface area contributed by atoms with E-state index in [2.05, 4.69) is 0 Å². The Morgan fingerprint density at radius 2 is 1.50 bits per heavy atom. The minimum atomic E-state index is -1.15. The van der Waals surface area contributed by atoms with Crippen molar-refractivity contribution >= 4 is 10.8 Å². The normalized spacial score (nSPS) is 27.3. The second-order valence-corrected chi connectivity index (χ2v) is 6.47. The van der Waals surface area contributed by atoms with E-state index >= 15 is 0 Å². The molecule has 1 aliphatic carbocycles. The summed E-state index contributed by atoms with van der Waals surface area (Å²) in [7, 11) is 1.41. The lowest BCUT2D eigenvalue weighted by Gasteiger charge is -2.46. The zero-order valence-electron chi connectivity index (χ0n) is 12.8. The van der Waals surface area contributed by atoms with Gasteiger partial charge in [0.05, 0.1) is 0 Å². The van der Waals surface area contributed by atoms with Gasteiger partial charge in [-0.3, -0.25) is 0 Å². The predicted molar refractivity (Wildman–Crippen MR) is 86.2 cm³/mol. The van der Waals surface area contributed by atoms with Gasteiger partial charge in [0, 0.05) is 7.05 Å². The molecule has 7 heteroatoms. The van der Waals surface area contributed by atoms with E-state index < -0.39 is 35.7 Å². The molecule has 2 bridgehead atoms. The van der Waals surface area contributed by atoms with E-state index in [0.29, 0.717) is 0 Å². The Labute approximate surface area is 135 Å². The molecule has 3 heterocycles. The summed E-state index contributed by atoms with van der Waals surface area (Å²) in [6, 6.07) is 9.97. The van der Waals surface area contributed by atoms with Crippen molar-refractivity contribution in [3.63, 3.8) is 0 Å². The molecule has 3 aliphatic rings. The second kappa shape index (κ2) is 4.25. The molecule has 2 aromatic carbocycles. The van der Waals surface area contributed by atoms with Crippen LogP contribution in [0, 0.1) is 0 Å². The van der Waals surface area contributed by atoms with Crippen LogP contribution in [0.1, 0.15) is 23.2 Å². The highest BCUT2D eigenvalue weighted by Gasteiger charge is 2.51. The molecule has 24 heavy (non-hydrogen) atoms. The number of benzene rings is 2. The Morgan fingerprint density at radius 3 is 2.25 bits per heavy atom. The van der Waals surface area contributed by atoms with Crippen molar-refractivity contribution in [1.29, 1.82) is 0 Å². The minimum Gasteiger partial charge on any atom is -0.388 e. The summed E-state index contributed by atoms with van der Waals surface area (Å²) in [5.74, 6) is 0. The highest BCUT2D eigenvalue weighted by molar-refractivity contribution is 5.88. The van der Waals surface area contributed by atoms with Crippen LogP contribution in [0.25, 0.3) is 10.8 Å². The van der Waals surface area contributed by atoms with Gasteiger partial charge in [0.25, 0.3) is 0 Å². The number of nitrogens with zero attached hydrogens (tertiary/aromatic N) is 3. The molecule has 0 spiro atoms. The van der Waals surface area contributed by atoms with Crippen molar-refractivity contribution < 1.29 is 10.2 Å². The summed E-state index contributed by atoms with van der Waals surface area (Å²) in [5, 5.41) is 23.0. The molecule has 0 amide bonds. The smallest absolute Gasteiger partial charge is 0.347 e. The molecule has 1 aromatic heterocycles. The number of aliphatic hydroxyl groups is 2. The van der Waals surface area contributed by atoms with E-state index in [0.717, 1.165) is 26.5 Å². The molecule has 2 aliphatic heterocycles. The van der Waals surface area contributed by atoms with Gasteiger partial charge in [-0.1, -0.05) is 36.4 Å². The maximum Gasteiger partial charge on any atom is 0.347 e. The standard InChI is InChI=1S/C17H15N3O4/c1-18-16(23)19-12-10-7-6-8-4-2-3-5-9(8)11(10)13(15(22)14(12)21)20(19)17(18)24/h2-7,12-15,21-22H,1H3. The molecule has 0 fully saturated rings. The van der Waals surface area contributed by atoms with Crippen molar-refractivity contribution in [2.24, 2.45) is 7.05 Å². The average Bonchev–Trinajstić information content (AvgIpc) is 2.83. The van der Waals surface area contributed by atoms with E-state index in [9.17, 15) is 19.8 Å². The van der Waals surface area contributed by atoms with Crippen molar-refractivity contribution in [1.82, 2.24) is 13.9 Å². The SMILES string of the molecule is Cn1c(=O)n2n(c1=O)C1c3c(ccc4ccccc34)C2C(O)C1O. The third kappa shape index (κ3) is 1.36. The summed E-state index contributed by atoms with van der Waals surface area (Å²) in [4.78, 5) is 25.0. The summed E-state index contributed by atoms with van der Waals surface area (Å²) in [6.45, 7) is 0. The van der Waals surface area contributed by atoms with Crippen molar-refractivity contribution in [3.8, 4) is 0 Å². The number of aliphatic hydroxyl groups excluding tert-OH is 2. The number of hydrogen-bond donors (Lipinski definition) is 2. The van der Waals surface area contributed by atoms with Crippen LogP contribution in [0.15, 0.2) is 46.0 Å². The molecular formula is C17H15N3O4. The topological polar surface area (TPSA) is 89.4 Å². The molecule has 0 saturated carbocycles. The van der Waals surface area contributed by atoms with Crippen LogP contribution in [0.3, 0.4) is 0 Å². The monoisotopic (exact) mass is 325 g/mol. The van der Waals surface area contributed by atoms with Crippen LogP contribution < -0.4 is 11.4 Å². The van der Waals surface area contributed by atoms with Crippen LogP contribution in [0.2, 0.25) is 0 Å². The van der Waals surface area contributed by atoms with Gasteiger partial charge in [0.2, 0.25) is 0 Å². The fourth-order valence-electron chi connectivity index (χ4n) is 4.25. The molecule has 7 nitrogen and oxygen atoms in total. The Hall–Kier alpha value is -2.64. The van der Waals surface area contributed by atoms with Gasteiger partial charge in [0.1, 0.15) is 24.3 Å². The van der Waals surface area contributed by atoms with Crippen LogP contribution in [0.5, 0.6) is 0 Å². The Balaban J connectivity index is 1.98. The van der Waals surface area contributed by atoms with Crippen molar-refractivity contribution in [2.75, 3.05) is 0 Å². The molecule has 0 radical (unpaired) electrons. The maximum absolute atomic E-state index is 12.5. The van der Waals surface area contributed by atoms with Crippen LogP contribution in [0.4, 0.5) is 0 Å². The molecule has 4 unspecified atom stereocenters. The Kier molecular flexibility index (Phi) is 2.44. The zero-order valence-corrected chi connectivity index (χ0v) is 12.8. The molecule has 122 valence electrons. The van der Waals surface area contributed by atoms with Gasteiger partial charge in [-0.25, -0.2) is 23.5 Å². The lowest BCUT2D eigenvalue weighted by molar-refractivity contribution is -0.0706. The third-order valence-electron chi connectivity index (χ3n) is 5.34. The fraction of sp³-hybridized carbons (Fsp3) is 0.294. The summed E-state index contributed by atoms with van der Waals surface area (Å²) >= 11 is 0. The van der Waals surface area contributed by atoms with Gasteiger partial charge in [-0.15, -0.1) is 0 Å². The first-order chi connectivity index (χ1) is 11.5. The lowest BCUT2D eigenvalue weighted by Crippen LogP contribution is -2.57. The maximum atomic E-state index is 12.5. The highest BCUT2D eigenvalue weighted by atomic mass is 16.3. The molecule has 4 atom stereocenters. The van der Waals surface area contributed by atoms with E-state index in [1.807, 2.05) is 36.4 Å². The van der Waals surface area contributed by atoms with E-state index in [1.54, 1.807) is 0 Å². The van der Waals surface area contributed by atoms with Gasteiger partial charge < -0.3 is 10.2 Å². The molecular weight excluding hydrogens is 310 g/mol. The van der Waals surface area contributed by atoms with E-state index in [4.69, 9.17) is 0 Å². The molecule has 6 rings (SSSR count). The lowest BCUT2D eigenvalue weighted by atomic mass is 9.76. The quantitative estimate of drug-likeness (QED) is 0.595. The second-order valence-electron chi connectivity index (χ2n) is 6.47. The third-order valence-corrected chi connectivity index (χ3v) is 5.34. The number of hydrogen-bond acceptors (Lipinski definition) is 4. The summed E-state index contributed by atoms with van der Waals surface area (Å²) < 4.78 is 3.58. The predicted octanol–water partition coefficient (Wildman–Crippen LogP) is -0.271. The molecule has 3 aromatic rings. The van der Waals surface area contributed by atoms with Gasteiger partial charge >= 0.3 is 11.4 Å². The fourth-order valence-corrected chi connectivity index (χ4v) is 4.25. The van der Waals surface area contributed by atoms with Gasteiger partial charge in [-0.2, -0.15) is 0 Å². The summed E-state index contributed by atoms with van der Waals surface area (Å²) in [6.07, 6.45) is -2.28. The number of fused-ring (bicyclic) bond motifs is 2. The highest BCUT2D eigenvalue weighted by Crippen LogP contribution is 2.46. The molecule has 0 saturated heterocycles. The largest absolute Gasteiger partial charge is 0.388 e. The summed E-state index contributed by atoms with van der Waals surface area (Å²) in [5.41, 5.74) is 0.618. The van der Waals surface area contributed by atoms with Crippen LogP contribution in [-0.4, -0.2) is 36.4 Å². The van der Waals surface area contributed by atoms with Crippen molar-refractivity contribution in [2.45, 2.75) is 24.3 Å². The first-order valence-electron chi connectivity index (χ1n) is 7.80. The zero-order chi connectivity index (χ0) is 16.7. The van der Waals surface area contributed by atoms with Gasteiger partial charge in [0.15, 0.2) is 0 Å². The minimum absolute atomic E-state index is 0.486. The Morgan fingerprint density at radius 1 is 0.875 bits per heavy atom. The first kappa shape index (κ1) is 13.8. The van der Waals surface area contributed by atoms with Crippen LogP contribution in [-0.2, 0) is 7.05 Å². The first-order valence-corrected chi connectivity index (χ1v) is 7.80. The Bertz CT molecular complexity index is 1120.